The zero-order valence-corrected chi connectivity index (χ0v) is 33.4. The third-order valence-corrected chi connectivity index (χ3v) is 13.8. The Morgan fingerprint density at radius 1 is 0.847 bits per heavy atom. The van der Waals surface area contributed by atoms with E-state index >= 15 is 4.39 Å². The minimum Gasteiger partial charge on any atom is -0.508 e. The molecule has 306 valence electrons. The second kappa shape index (κ2) is 15.2. The van der Waals surface area contributed by atoms with Gasteiger partial charge in [0.15, 0.2) is 11.6 Å². The quantitative estimate of drug-likeness (QED) is 0.219. The number of hydrogen-bond donors (Lipinski definition) is 2. The molecule has 11 nitrogen and oxygen atoms in total. The molecule has 1 unspecified atom stereocenters. The molecule has 0 aromatic heterocycles. The number of nitrogens with zero attached hydrogens (tertiary/aromatic N) is 4. The molecular weight excluding hydrogens is 750 g/mol. The molecule has 5 aliphatic heterocycles. The highest BCUT2D eigenvalue weighted by atomic mass is 19.1. The van der Waals surface area contributed by atoms with Gasteiger partial charge < -0.3 is 29.3 Å². The lowest BCUT2D eigenvalue weighted by atomic mass is 9.69. The fourth-order valence-electron chi connectivity index (χ4n) is 10.9. The number of piperazine rings is 1. The first-order chi connectivity index (χ1) is 28.7. The number of piperidine rings is 2. The highest BCUT2D eigenvalue weighted by Crippen LogP contribution is 2.51. The maximum Gasteiger partial charge on any atom is 0.255 e. The number of aromatic hydroxyl groups is 1. The lowest BCUT2D eigenvalue weighted by Gasteiger charge is -2.47. The van der Waals surface area contributed by atoms with Crippen LogP contribution in [-0.2, 0) is 22.6 Å². The molecule has 2 N–H and O–H groups in total. The molecule has 4 aromatic rings. The molecule has 0 saturated carbocycles. The molecule has 10 rings (SSSR count). The number of phenols is 1. The molecule has 4 atom stereocenters. The molecular formula is C47H50FN5O6. The van der Waals surface area contributed by atoms with Crippen LogP contribution in [0.15, 0.2) is 72.8 Å². The SMILES string of the molecule is COc1c([C@H]2c3ccc(O)cc3CC[C@H]2c2ccccc2)ccc(N2CCC(CN3CCN4c5cc6c(cc5OC[C@@H]4C3)C(=O)N(C3CCC(=O)NC3=O)C6)CC2)c1F. The first kappa shape index (κ1) is 37.6. The second-order valence-corrected chi connectivity index (χ2v) is 17.2. The average molecular weight is 800 g/mol. The highest BCUT2D eigenvalue weighted by Gasteiger charge is 2.42. The highest BCUT2D eigenvalue weighted by molar-refractivity contribution is 6.06. The zero-order chi connectivity index (χ0) is 40.4. The Kier molecular flexibility index (Phi) is 9.70. The number of fused-ring (bicyclic) bond motifs is 5. The van der Waals surface area contributed by atoms with E-state index in [1.54, 1.807) is 18.1 Å². The maximum absolute atomic E-state index is 16.7. The zero-order valence-electron chi connectivity index (χ0n) is 33.4. The van der Waals surface area contributed by atoms with Crippen LogP contribution in [0.3, 0.4) is 0 Å². The minimum atomic E-state index is -0.646. The number of imide groups is 1. The first-order valence-corrected chi connectivity index (χ1v) is 21.2. The fourth-order valence-corrected chi connectivity index (χ4v) is 10.9. The Morgan fingerprint density at radius 3 is 2.46 bits per heavy atom. The van der Waals surface area contributed by atoms with E-state index in [9.17, 15) is 19.5 Å². The lowest BCUT2D eigenvalue weighted by molar-refractivity contribution is -0.136. The minimum absolute atomic E-state index is 0.116. The van der Waals surface area contributed by atoms with E-state index in [2.05, 4.69) is 56.4 Å². The van der Waals surface area contributed by atoms with Crippen LogP contribution in [0.5, 0.6) is 17.2 Å². The van der Waals surface area contributed by atoms with Gasteiger partial charge in [0.1, 0.15) is 24.1 Å². The topological polar surface area (TPSA) is 115 Å². The van der Waals surface area contributed by atoms with E-state index in [1.165, 1.54) is 5.56 Å². The molecule has 12 heteroatoms. The van der Waals surface area contributed by atoms with Gasteiger partial charge in [-0.15, -0.1) is 0 Å². The van der Waals surface area contributed by atoms with Crippen LogP contribution in [0.1, 0.15) is 82.1 Å². The van der Waals surface area contributed by atoms with E-state index in [0.717, 1.165) is 92.9 Å². The van der Waals surface area contributed by atoms with Gasteiger partial charge in [0, 0.05) is 69.3 Å². The summed E-state index contributed by atoms with van der Waals surface area (Å²) in [5.74, 6) is 0.567. The molecule has 0 radical (unpaired) electrons. The predicted octanol–water partition coefficient (Wildman–Crippen LogP) is 5.96. The number of halogens is 1. The smallest absolute Gasteiger partial charge is 0.255 e. The molecule has 6 aliphatic rings. The first-order valence-electron chi connectivity index (χ1n) is 21.2. The number of rotatable bonds is 7. The van der Waals surface area contributed by atoms with Crippen molar-refractivity contribution in [3.63, 3.8) is 0 Å². The number of aryl methyl sites for hydroxylation is 1. The molecule has 59 heavy (non-hydrogen) atoms. The van der Waals surface area contributed by atoms with Crippen molar-refractivity contribution in [1.82, 2.24) is 15.1 Å². The number of anilines is 2. The maximum atomic E-state index is 16.7. The molecule has 5 heterocycles. The summed E-state index contributed by atoms with van der Waals surface area (Å²) in [7, 11) is 1.57. The Labute approximate surface area is 343 Å². The predicted molar refractivity (Wildman–Crippen MR) is 221 cm³/mol. The van der Waals surface area contributed by atoms with Gasteiger partial charge in [0.05, 0.1) is 24.5 Å². The van der Waals surface area contributed by atoms with Gasteiger partial charge in [-0.05, 0) is 96.5 Å². The number of carbonyl (C=O) groups excluding carboxylic acids is 3. The van der Waals surface area contributed by atoms with Crippen LogP contribution in [0, 0.1) is 11.7 Å². The van der Waals surface area contributed by atoms with Crippen LogP contribution >= 0.6 is 0 Å². The Bertz CT molecular complexity index is 2310. The monoisotopic (exact) mass is 799 g/mol. The molecule has 3 fully saturated rings. The number of methoxy groups -OCH3 is 1. The van der Waals surface area contributed by atoms with Crippen molar-refractivity contribution < 1.29 is 33.4 Å². The van der Waals surface area contributed by atoms with E-state index < -0.39 is 11.9 Å². The van der Waals surface area contributed by atoms with Crippen molar-refractivity contribution in [2.75, 3.05) is 62.8 Å². The summed E-state index contributed by atoms with van der Waals surface area (Å²) in [6.07, 6.45) is 4.22. The summed E-state index contributed by atoms with van der Waals surface area (Å²) < 4.78 is 28.9. The van der Waals surface area contributed by atoms with Crippen LogP contribution < -0.4 is 24.6 Å². The van der Waals surface area contributed by atoms with Crippen molar-refractivity contribution in [1.29, 1.82) is 0 Å². The van der Waals surface area contributed by atoms with Crippen molar-refractivity contribution in [3.05, 3.63) is 112 Å². The van der Waals surface area contributed by atoms with Gasteiger partial charge in [-0.3, -0.25) is 24.6 Å². The van der Waals surface area contributed by atoms with Gasteiger partial charge >= 0.3 is 0 Å². The largest absolute Gasteiger partial charge is 0.508 e. The lowest BCUT2D eigenvalue weighted by Crippen LogP contribution is -2.58. The normalized spacial score (nSPS) is 24.5. The van der Waals surface area contributed by atoms with Crippen molar-refractivity contribution in [2.24, 2.45) is 5.92 Å². The Hall–Kier alpha value is -5.62. The van der Waals surface area contributed by atoms with Crippen molar-refractivity contribution in [2.45, 2.75) is 69.0 Å². The Morgan fingerprint density at radius 2 is 1.66 bits per heavy atom. The van der Waals surface area contributed by atoms with Gasteiger partial charge in [0.2, 0.25) is 11.8 Å². The standard InChI is InChI=1S/C47H50FN5O6/c1-58-45-36(43-34(29-5-3-2-4-6-29)9-7-30-21-33(54)8-10-35(30)43)11-12-38(44(45)48)51-17-15-28(16-18-51)24-50-19-20-52-32(26-50)27-59-41-23-37-31(22-40(41)52)25-53(47(37)57)39-13-14-42(55)49-46(39)56/h2-6,8,10-12,21-23,28,32,34,39,43,54H,7,9,13-20,24-27H2,1H3,(H,49,55,56)/t32-,34-,39?,43+/m0/s1. The number of amides is 3. The number of benzene rings is 4. The Balaban J connectivity index is 0.792. The van der Waals surface area contributed by atoms with Crippen LogP contribution in [-0.4, -0.2) is 97.7 Å². The van der Waals surface area contributed by atoms with Crippen LogP contribution in [0.4, 0.5) is 15.8 Å². The number of phenolic OH excluding ortho intramolecular Hbond substituents is 1. The van der Waals surface area contributed by atoms with E-state index in [1.807, 2.05) is 30.3 Å². The molecule has 1 aliphatic carbocycles. The third kappa shape index (κ3) is 6.75. The van der Waals surface area contributed by atoms with E-state index in [0.29, 0.717) is 48.2 Å². The summed E-state index contributed by atoms with van der Waals surface area (Å²) in [6, 6.07) is 23.5. The van der Waals surface area contributed by atoms with Gasteiger partial charge in [-0.2, -0.15) is 0 Å². The van der Waals surface area contributed by atoms with Crippen LogP contribution in [0.25, 0.3) is 0 Å². The number of ether oxygens (including phenoxy) is 2. The van der Waals surface area contributed by atoms with Crippen molar-refractivity contribution >= 4 is 29.1 Å². The number of nitrogens with one attached hydrogen (secondary N) is 1. The molecule has 4 aromatic carbocycles. The van der Waals surface area contributed by atoms with Crippen molar-refractivity contribution in [3.8, 4) is 17.2 Å². The fraction of sp³-hybridized carbons (Fsp3) is 0.426. The van der Waals surface area contributed by atoms with Crippen LogP contribution in [0.2, 0.25) is 0 Å². The molecule has 0 bridgehead atoms. The summed E-state index contributed by atoms with van der Waals surface area (Å²) in [4.78, 5) is 46.4. The summed E-state index contributed by atoms with van der Waals surface area (Å²) in [5, 5.41) is 12.7. The second-order valence-electron chi connectivity index (χ2n) is 17.2. The van der Waals surface area contributed by atoms with Gasteiger partial charge in [-0.1, -0.05) is 42.5 Å². The van der Waals surface area contributed by atoms with E-state index in [4.69, 9.17) is 9.47 Å². The molecule has 3 saturated heterocycles. The summed E-state index contributed by atoms with van der Waals surface area (Å²) in [6.45, 7) is 6.02. The number of carbonyl (C=O) groups is 3. The van der Waals surface area contributed by atoms with Gasteiger partial charge in [-0.25, -0.2) is 4.39 Å². The average Bonchev–Trinajstić information content (AvgIpc) is 3.57. The summed E-state index contributed by atoms with van der Waals surface area (Å²) in [5.41, 5.74) is 7.30. The summed E-state index contributed by atoms with van der Waals surface area (Å²) >= 11 is 0. The molecule has 3 amide bonds. The van der Waals surface area contributed by atoms with Gasteiger partial charge in [0.25, 0.3) is 5.91 Å². The number of hydrogen-bond acceptors (Lipinski definition) is 9. The molecule has 0 spiro atoms. The van der Waals surface area contributed by atoms with E-state index in [-0.39, 0.29) is 47.7 Å². The third-order valence-electron chi connectivity index (χ3n) is 13.8.